The number of nitrogen functional groups attached to an aromatic ring is 2. The maximum atomic E-state index is 13.7. The Bertz CT molecular complexity index is 1880. The van der Waals surface area contributed by atoms with Crippen LogP contribution < -0.4 is 44.5 Å². The topological polar surface area (TPSA) is 150 Å². The van der Waals surface area contributed by atoms with Gasteiger partial charge < -0.3 is 16.6 Å². The summed E-state index contributed by atoms with van der Waals surface area (Å²) in [5.41, 5.74) is 13.3. The molecule has 40 heavy (non-hydrogen) atoms. The number of nitrogens with two attached hydrogens (primary N) is 2. The zero-order valence-electron chi connectivity index (χ0n) is 21.2. The van der Waals surface area contributed by atoms with Crippen molar-refractivity contribution in [3.05, 3.63) is 57.6 Å². The van der Waals surface area contributed by atoms with Crippen LogP contribution in [-0.4, -0.2) is 73.5 Å². The third-order valence-electron chi connectivity index (χ3n) is 6.39. The Labute approximate surface area is 234 Å². The number of fused-ring (bicyclic) bond motifs is 1. The van der Waals surface area contributed by atoms with Gasteiger partial charge in [-0.2, -0.15) is 0 Å². The van der Waals surface area contributed by atoms with Crippen LogP contribution in [0.25, 0.3) is 28.0 Å². The minimum Gasteiger partial charge on any atom is -0.390 e. The SMILES string of the molecule is [B]c1c([B])c([B])c(-c2nc(N)n3c(=O)n(Cc4ccc(F)c(N)n4)nc3c2-c2cc(C)nc(CO)c2)c([B])c1[B]. The fraction of sp³-hybridized carbons (Fsp3) is 0.125. The van der Waals surface area contributed by atoms with E-state index < -0.39 is 11.5 Å². The predicted octanol–water partition coefficient (Wildman–Crippen LogP) is -3.86. The van der Waals surface area contributed by atoms with Gasteiger partial charge in [-0.15, -0.1) is 21.5 Å². The Kier molecular flexibility index (Phi) is 6.83. The number of aromatic nitrogens is 6. The molecular formula is C24H16B5FN8O2. The van der Waals surface area contributed by atoms with Crippen molar-refractivity contribution in [1.29, 1.82) is 0 Å². The molecule has 0 saturated heterocycles. The van der Waals surface area contributed by atoms with E-state index in [1.807, 2.05) is 0 Å². The Balaban J connectivity index is 1.89. The van der Waals surface area contributed by atoms with Crippen LogP contribution in [0.15, 0.2) is 29.1 Å². The molecule has 5 rings (SSSR count). The number of rotatable bonds is 5. The molecule has 0 atom stereocenters. The second kappa shape index (κ2) is 10.0. The van der Waals surface area contributed by atoms with Crippen molar-refractivity contribution < 1.29 is 9.50 Å². The average Bonchev–Trinajstić information content (AvgIpc) is 3.24. The lowest BCUT2D eigenvalue weighted by Gasteiger charge is -2.23. The predicted molar refractivity (Wildman–Crippen MR) is 156 cm³/mol. The zero-order chi connectivity index (χ0) is 29.0. The summed E-state index contributed by atoms with van der Waals surface area (Å²) in [5.74, 6) is -1.28. The Hall–Kier alpha value is -4.32. The molecule has 1 aromatic carbocycles. The molecule has 5 N–H and O–H groups in total. The number of hydrogen-bond donors (Lipinski definition) is 3. The molecule has 0 saturated carbocycles. The van der Waals surface area contributed by atoms with E-state index in [2.05, 4.69) is 20.1 Å². The molecule has 10 nitrogen and oxygen atoms in total. The number of halogens is 1. The normalized spacial score (nSPS) is 11.4. The van der Waals surface area contributed by atoms with Crippen LogP contribution in [0, 0.1) is 12.7 Å². The molecule has 0 fully saturated rings. The van der Waals surface area contributed by atoms with Crippen LogP contribution in [0.3, 0.4) is 0 Å². The van der Waals surface area contributed by atoms with Crippen molar-refractivity contribution >= 4 is 84.0 Å². The quantitative estimate of drug-likeness (QED) is 0.199. The summed E-state index contributed by atoms with van der Waals surface area (Å²) in [4.78, 5) is 26.2. The Morgan fingerprint density at radius 3 is 2.17 bits per heavy atom. The summed E-state index contributed by atoms with van der Waals surface area (Å²) in [6.45, 7) is 1.19. The summed E-state index contributed by atoms with van der Waals surface area (Å²) < 4.78 is 15.8. The molecule has 4 heterocycles. The number of aliphatic hydroxyl groups excluding tert-OH is 1. The standard InChI is InChI=1S/C24H16B5FN8O2/c1-8-4-9(5-11(7-39)33-8)13-20(14-15(25)17(27)19(29)18(28)16(14)26)35-23(32)38-22(13)36-37(24(38)40)6-10-2-3-12(30)21(31)34-10/h2-5,39H,6-7H2,1H3,(H2,31,34)(H2,32,35). The van der Waals surface area contributed by atoms with E-state index in [1.54, 1.807) is 19.1 Å². The van der Waals surface area contributed by atoms with Gasteiger partial charge in [-0.3, -0.25) is 4.98 Å². The minimum atomic E-state index is -0.698. The van der Waals surface area contributed by atoms with Crippen LogP contribution in [-0.2, 0) is 13.2 Å². The van der Waals surface area contributed by atoms with Gasteiger partial charge in [0.15, 0.2) is 17.3 Å². The molecule has 5 aromatic rings. The molecule has 186 valence electrons. The maximum absolute atomic E-state index is 13.7. The van der Waals surface area contributed by atoms with Gasteiger partial charge in [0, 0.05) is 5.69 Å². The first-order valence-electron chi connectivity index (χ1n) is 11.7. The van der Waals surface area contributed by atoms with Crippen molar-refractivity contribution in [3.8, 4) is 22.4 Å². The van der Waals surface area contributed by atoms with E-state index in [1.165, 1.54) is 6.07 Å². The van der Waals surface area contributed by atoms with Gasteiger partial charge in [-0.25, -0.2) is 28.2 Å². The van der Waals surface area contributed by atoms with Gasteiger partial charge in [-0.05, 0) is 42.3 Å². The zero-order valence-corrected chi connectivity index (χ0v) is 21.2. The van der Waals surface area contributed by atoms with Crippen LogP contribution in [0.2, 0.25) is 0 Å². The highest BCUT2D eigenvalue weighted by Crippen LogP contribution is 2.33. The first-order chi connectivity index (χ1) is 18.9. The average molecular weight is 522 g/mol. The number of pyridine rings is 2. The highest BCUT2D eigenvalue weighted by molar-refractivity contribution is 6.68. The van der Waals surface area contributed by atoms with E-state index in [-0.39, 0.29) is 80.4 Å². The summed E-state index contributed by atoms with van der Waals surface area (Å²) >= 11 is 0. The largest absolute Gasteiger partial charge is 0.390 e. The molecule has 0 unspecified atom stereocenters. The number of anilines is 2. The number of nitrogens with zero attached hydrogens (tertiary/aromatic N) is 6. The molecule has 4 aromatic heterocycles. The lowest BCUT2D eigenvalue weighted by Crippen LogP contribution is -2.55. The number of aliphatic hydroxyl groups is 1. The van der Waals surface area contributed by atoms with Gasteiger partial charge in [0.05, 0.1) is 35.8 Å². The van der Waals surface area contributed by atoms with Crippen LogP contribution in [0.1, 0.15) is 17.1 Å². The summed E-state index contributed by atoms with van der Waals surface area (Å²) in [7, 11) is 31.0. The highest BCUT2D eigenvalue weighted by Gasteiger charge is 2.25. The second-order valence-corrected chi connectivity index (χ2v) is 9.05. The Morgan fingerprint density at radius 2 is 1.55 bits per heavy atom. The fourth-order valence-corrected chi connectivity index (χ4v) is 4.46. The van der Waals surface area contributed by atoms with E-state index in [9.17, 15) is 14.3 Å². The molecule has 16 heteroatoms. The molecule has 0 amide bonds. The smallest absolute Gasteiger partial charge is 0.353 e. The summed E-state index contributed by atoms with van der Waals surface area (Å²) in [6.07, 6.45) is 0. The van der Waals surface area contributed by atoms with E-state index in [0.29, 0.717) is 17.0 Å². The van der Waals surface area contributed by atoms with Crippen LogP contribution >= 0.6 is 0 Å². The molecule has 0 aliphatic rings. The third-order valence-corrected chi connectivity index (χ3v) is 6.39. The highest BCUT2D eigenvalue weighted by atomic mass is 19.1. The molecule has 10 radical (unpaired) electrons. The van der Waals surface area contributed by atoms with E-state index >= 15 is 0 Å². The first kappa shape index (κ1) is 27.3. The molecule has 0 bridgehead atoms. The minimum absolute atomic E-state index is 0.00300. The molecule has 0 spiro atoms. The van der Waals surface area contributed by atoms with Crippen molar-refractivity contribution in [2.24, 2.45) is 0 Å². The van der Waals surface area contributed by atoms with Crippen molar-refractivity contribution in [1.82, 2.24) is 29.1 Å². The first-order valence-corrected chi connectivity index (χ1v) is 11.7. The number of aryl methyl sites for hydroxylation is 1. The lowest BCUT2D eigenvalue weighted by atomic mass is 9.60. The summed E-state index contributed by atoms with van der Waals surface area (Å²) in [6, 6.07) is 5.79. The van der Waals surface area contributed by atoms with Gasteiger partial charge in [0.2, 0.25) is 5.95 Å². The lowest BCUT2D eigenvalue weighted by molar-refractivity contribution is 0.276. The van der Waals surface area contributed by atoms with Gasteiger partial charge >= 0.3 is 5.69 Å². The maximum Gasteiger partial charge on any atom is 0.353 e. The fourth-order valence-electron chi connectivity index (χ4n) is 4.46. The Morgan fingerprint density at radius 1 is 0.900 bits per heavy atom. The number of hydrogen-bond acceptors (Lipinski definition) is 8. The molecule has 0 aliphatic heterocycles. The van der Waals surface area contributed by atoms with Crippen molar-refractivity contribution in [2.45, 2.75) is 20.1 Å². The molecular weight excluding hydrogens is 505 g/mol. The van der Waals surface area contributed by atoms with E-state index in [0.717, 1.165) is 15.1 Å². The van der Waals surface area contributed by atoms with Crippen molar-refractivity contribution in [2.75, 3.05) is 11.5 Å². The van der Waals surface area contributed by atoms with Gasteiger partial charge in [-0.1, -0.05) is 10.9 Å². The summed E-state index contributed by atoms with van der Waals surface area (Å²) in [5, 5.41) is 14.3. The number of benzene rings is 1. The van der Waals surface area contributed by atoms with Gasteiger partial charge in [0.25, 0.3) is 0 Å². The third kappa shape index (κ3) is 4.38. The van der Waals surface area contributed by atoms with Crippen molar-refractivity contribution in [3.63, 3.8) is 0 Å². The van der Waals surface area contributed by atoms with E-state index in [4.69, 9.17) is 50.7 Å². The van der Waals surface area contributed by atoms with Crippen LogP contribution in [0.5, 0.6) is 0 Å². The second-order valence-electron chi connectivity index (χ2n) is 9.05. The molecule has 0 aliphatic carbocycles. The van der Waals surface area contributed by atoms with Gasteiger partial charge in [0.1, 0.15) is 39.2 Å². The van der Waals surface area contributed by atoms with Crippen LogP contribution in [0.4, 0.5) is 16.2 Å². The monoisotopic (exact) mass is 522 g/mol.